The Morgan fingerprint density at radius 1 is 1.12 bits per heavy atom. The molecule has 0 aliphatic carbocycles. The van der Waals surface area contributed by atoms with Crippen LogP contribution in [0.15, 0.2) is 30.5 Å². The lowest BCUT2D eigenvalue weighted by molar-refractivity contribution is -0.134. The first-order valence-corrected chi connectivity index (χ1v) is 11.7. The SMILES string of the molecule is CC1CCN(CC(=O)N2CCCC(c3nc(N(C)C)ncc3-c3ccc(F)cc3)C2)CC1. The number of rotatable bonds is 5. The van der Waals surface area contributed by atoms with Crippen molar-refractivity contribution in [3.05, 3.63) is 42.0 Å². The van der Waals surface area contributed by atoms with Crippen molar-refractivity contribution in [3.63, 3.8) is 0 Å². The van der Waals surface area contributed by atoms with Crippen molar-refractivity contribution in [1.82, 2.24) is 19.8 Å². The number of aromatic nitrogens is 2. The third kappa shape index (κ3) is 5.26. The summed E-state index contributed by atoms with van der Waals surface area (Å²) in [5, 5.41) is 0. The van der Waals surface area contributed by atoms with Crippen LogP contribution in [0.4, 0.5) is 10.3 Å². The zero-order chi connectivity index (χ0) is 22.7. The van der Waals surface area contributed by atoms with E-state index in [0.29, 0.717) is 19.0 Å². The van der Waals surface area contributed by atoms with Crippen LogP contribution < -0.4 is 4.90 Å². The van der Waals surface area contributed by atoms with Crippen LogP contribution in [-0.2, 0) is 4.79 Å². The number of carbonyl (C=O) groups excluding carboxylic acids is 1. The van der Waals surface area contributed by atoms with Crippen LogP contribution in [0.2, 0.25) is 0 Å². The highest BCUT2D eigenvalue weighted by Crippen LogP contribution is 2.34. The van der Waals surface area contributed by atoms with Gasteiger partial charge in [0, 0.05) is 44.9 Å². The first-order valence-electron chi connectivity index (χ1n) is 11.7. The summed E-state index contributed by atoms with van der Waals surface area (Å²) in [6, 6.07) is 6.48. The number of hydrogen-bond donors (Lipinski definition) is 0. The largest absolute Gasteiger partial charge is 0.347 e. The van der Waals surface area contributed by atoms with Crippen molar-refractivity contribution in [1.29, 1.82) is 0 Å². The molecular weight excluding hydrogens is 405 g/mol. The lowest BCUT2D eigenvalue weighted by atomic mass is 9.90. The van der Waals surface area contributed by atoms with E-state index in [0.717, 1.165) is 55.2 Å². The molecule has 2 aromatic rings. The minimum atomic E-state index is -0.261. The lowest BCUT2D eigenvalue weighted by Gasteiger charge is -2.36. The number of halogens is 1. The molecule has 1 atom stereocenters. The number of piperidine rings is 2. The van der Waals surface area contributed by atoms with E-state index < -0.39 is 0 Å². The van der Waals surface area contributed by atoms with Gasteiger partial charge in [-0.05, 0) is 62.4 Å². The molecule has 0 N–H and O–H groups in total. The summed E-state index contributed by atoms with van der Waals surface area (Å²) in [6.45, 7) is 6.29. The summed E-state index contributed by atoms with van der Waals surface area (Å²) in [7, 11) is 3.85. The molecule has 2 saturated heterocycles. The zero-order valence-corrected chi connectivity index (χ0v) is 19.4. The number of anilines is 1. The predicted octanol–water partition coefficient (Wildman–Crippen LogP) is 3.79. The van der Waals surface area contributed by atoms with E-state index >= 15 is 0 Å². The van der Waals surface area contributed by atoms with Crippen LogP contribution in [0.3, 0.4) is 0 Å². The predicted molar refractivity (Wildman–Crippen MR) is 125 cm³/mol. The second kappa shape index (κ2) is 9.94. The molecule has 172 valence electrons. The van der Waals surface area contributed by atoms with Gasteiger partial charge in [-0.3, -0.25) is 9.69 Å². The highest BCUT2D eigenvalue weighted by atomic mass is 19.1. The van der Waals surface area contributed by atoms with Gasteiger partial charge < -0.3 is 9.80 Å². The van der Waals surface area contributed by atoms with Crippen molar-refractivity contribution < 1.29 is 9.18 Å². The van der Waals surface area contributed by atoms with E-state index in [9.17, 15) is 9.18 Å². The highest BCUT2D eigenvalue weighted by molar-refractivity contribution is 5.78. The topological polar surface area (TPSA) is 52.6 Å². The summed E-state index contributed by atoms with van der Waals surface area (Å²) in [5.41, 5.74) is 2.76. The van der Waals surface area contributed by atoms with Gasteiger partial charge in [-0.25, -0.2) is 14.4 Å². The number of benzene rings is 1. The Hall–Kier alpha value is -2.54. The quantitative estimate of drug-likeness (QED) is 0.710. The fourth-order valence-electron chi connectivity index (χ4n) is 4.70. The van der Waals surface area contributed by atoms with Crippen molar-refractivity contribution in [3.8, 4) is 11.1 Å². The Labute approximate surface area is 190 Å². The standard InChI is InChI=1S/C25H34FN5O/c1-18-10-13-30(14-11-18)17-23(32)31-12-4-5-20(16-31)24-22(15-27-25(28-24)29(2)3)19-6-8-21(26)9-7-19/h6-9,15,18,20H,4-5,10-14,16-17H2,1-3H3. The molecule has 0 bridgehead atoms. The van der Waals surface area contributed by atoms with Crippen LogP contribution in [0.1, 0.15) is 44.2 Å². The van der Waals surface area contributed by atoms with Gasteiger partial charge in [0.1, 0.15) is 5.82 Å². The number of amides is 1. The first-order chi connectivity index (χ1) is 15.4. The molecule has 2 aliphatic rings. The maximum Gasteiger partial charge on any atom is 0.236 e. The van der Waals surface area contributed by atoms with Crippen LogP contribution in [0.5, 0.6) is 0 Å². The summed E-state index contributed by atoms with van der Waals surface area (Å²) in [5.74, 6) is 1.50. The van der Waals surface area contributed by atoms with E-state index in [2.05, 4.69) is 16.8 Å². The van der Waals surface area contributed by atoms with Crippen molar-refractivity contribution >= 4 is 11.9 Å². The summed E-state index contributed by atoms with van der Waals surface area (Å²) < 4.78 is 13.5. The summed E-state index contributed by atoms with van der Waals surface area (Å²) >= 11 is 0. The van der Waals surface area contributed by atoms with Gasteiger partial charge in [-0.2, -0.15) is 0 Å². The molecule has 32 heavy (non-hydrogen) atoms. The van der Waals surface area contributed by atoms with E-state index in [1.807, 2.05) is 30.1 Å². The first kappa shape index (κ1) is 22.6. The van der Waals surface area contributed by atoms with Gasteiger partial charge in [0.15, 0.2) is 0 Å². The molecule has 1 aromatic heterocycles. The van der Waals surface area contributed by atoms with Gasteiger partial charge in [-0.1, -0.05) is 19.1 Å². The second-order valence-electron chi connectivity index (χ2n) is 9.51. The molecule has 0 saturated carbocycles. The Bertz CT molecular complexity index is 924. The Morgan fingerprint density at radius 2 is 1.84 bits per heavy atom. The molecule has 6 nitrogen and oxygen atoms in total. The third-order valence-electron chi connectivity index (χ3n) is 6.76. The van der Waals surface area contributed by atoms with Gasteiger partial charge in [0.25, 0.3) is 0 Å². The molecule has 1 aromatic carbocycles. The average Bonchev–Trinajstić information content (AvgIpc) is 2.81. The van der Waals surface area contributed by atoms with E-state index in [-0.39, 0.29) is 17.6 Å². The molecule has 1 unspecified atom stereocenters. The Morgan fingerprint density at radius 3 is 2.53 bits per heavy atom. The molecule has 7 heteroatoms. The van der Waals surface area contributed by atoms with Crippen molar-refractivity contribution in [2.24, 2.45) is 5.92 Å². The van der Waals surface area contributed by atoms with Crippen LogP contribution in [0, 0.1) is 11.7 Å². The zero-order valence-electron chi connectivity index (χ0n) is 19.4. The van der Waals surface area contributed by atoms with Crippen molar-refractivity contribution in [2.75, 3.05) is 51.7 Å². The molecule has 1 amide bonds. The van der Waals surface area contributed by atoms with Gasteiger partial charge in [-0.15, -0.1) is 0 Å². The smallest absolute Gasteiger partial charge is 0.236 e. The fraction of sp³-hybridized carbons (Fsp3) is 0.560. The molecule has 0 spiro atoms. The molecular formula is C25H34FN5O. The second-order valence-corrected chi connectivity index (χ2v) is 9.51. The number of likely N-dealkylation sites (tertiary alicyclic amines) is 2. The van der Waals surface area contributed by atoms with E-state index in [1.54, 1.807) is 12.1 Å². The van der Waals surface area contributed by atoms with Crippen LogP contribution >= 0.6 is 0 Å². The number of nitrogens with zero attached hydrogens (tertiary/aromatic N) is 5. The van der Waals surface area contributed by atoms with Gasteiger partial charge in [0.2, 0.25) is 11.9 Å². The monoisotopic (exact) mass is 439 g/mol. The van der Waals surface area contributed by atoms with Crippen LogP contribution in [-0.4, -0.2) is 72.5 Å². The number of hydrogen-bond acceptors (Lipinski definition) is 5. The minimum Gasteiger partial charge on any atom is -0.347 e. The molecule has 0 radical (unpaired) electrons. The Kier molecular flexibility index (Phi) is 7.04. The maximum atomic E-state index is 13.5. The van der Waals surface area contributed by atoms with Gasteiger partial charge in [0.05, 0.1) is 12.2 Å². The van der Waals surface area contributed by atoms with E-state index in [1.165, 1.54) is 25.0 Å². The Balaban J connectivity index is 1.54. The minimum absolute atomic E-state index is 0.135. The van der Waals surface area contributed by atoms with Crippen molar-refractivity contribution in [2.45, 2.75) is 38.5 Å². The average molecular weight is 440 g/mol. The maximum absolute atomic E-state index is 13.5. The lowest BCUT2D eigenvalue weighted by Crippen LogP contribution is -2.46. The third-order valence-corrected chi connectivity index (χ3v) is 6.76. The molecule has 4 rings (SSSR count). The summed E-state index contributed by atoms with van der Waals surface area (Å²) in [6.07, 6.45) is 6.11. The highest BCUT2D eigenvalue weighted by Gasteiger charge is 2.29. The molecule has 3 heterocycles. The van der Waals surface area contributed by atoms with E-state index in [4.69, 9.17) is 4.98 Å². The molecule has 2 fully saturated rings. The summed E-state index contributed by atoms with van der Waals surface area (Å²) in [4.78, 5) is 28.7. The molecule has 2 aliphatic heterocycles. The van der Waals surface area contributed by atoms with Crippen LogP contribution in [0.25, 0.3) is 11.1 Å². The fourth-order valence-corrected chi connectivity index (χ4v) is 4.70. The van der Waals surface area contributed by atoms with Gasteiger partial charge >= 0.3 is 0 Å². The normalized spacial score (nSPS) is 20.4. The number of carbonyl (C=O) groups is 1.